The fourth-order valence-corrected chi connectivity index (χ4v) is 27.9. The van der Waals surface area contributed by atoms with Gasteiger partial charge in [-0.1, -0.05) is 170 Å². The Kier molecular flexibility index (Phi) is 16.9. The van der Waals surface area contributed by atoms with Crippen molar-refractivity contribution in [3.8, 4) is 0 Å². The predicted molar refractivity (Wildman–Crippen MR) is 385 cm³/mol. The van der Waals surface area contributed by atoms with Crippen LogP contribution in [-0.4, -0.2) is 46.2 Å². The molecule has 0 bridgehead atoms. The van der Waals surface area contributed by atoms with Crippen LogP contribution in [0.3, 0.4) is 0 Å². The van der Waals surface area contributed by atoms with Crippen molar-refractivity contribution in [2.24, 2.45) is 99.6 Å². The van der Waals surface area contributed by atoms with Gasteiger partial charge < -0.3 is 14.5 Å². The third-order valence-electron chi connectivity index (χ3n) is 31.5. The van der Waals surface area contributed by atoms with Gasteiger partial charge in [0.15, 0.2) is 0 Å². The molecule has 18 aliphatic rings. The van der Waals surface area contributed by atoms with E-state index in [9.17, 15) is 0 Å². The van der Waals surface area contributed by atoms with Crippen molar-refractivity contribution >= 4 is 0 Å². The average molecular weight is 1250 g/mol. The highest BCUT2D eigenvalue weighted by atomic mass is 16.5. The molecule has 22 atom stereocenters. The predicted octanol–water partition coefficient (Wildman–Crippen LogP) is 22.8. The molecule has 1 heterocycles. The molecule has 0 N–H and O–H groups in total. The van der Waals surface area contributed by atoms with Gasteiger partial charge in [-0.05, 0) is 300 Å². The molecule has 6 saturated carbocycles. The highest BCUT2D eigenvalue weighted by Crippen LogP contribution is 2.75. The van der Waals surface area contributed by atoms with Gasteiger partial charge in [-0.25, -0.2) is 0 Å². The van der Waals surface area contributed by atoms with Gasteiger partial charge in [0, 0.05) is 58.2 Å². The average Bonchev–Trinajstić information content (AvgIpc) is 1.53. The molecule has 3 nitrogen and oxygen atoms in total. The summed E-state index contributed by atoms with van der Waals surface area (Å²) in [6, 6.07) is 2.55. The third kappa shape index (κ3) is 10.2. The molecule has 1 spiro atoms. The standard InChI is InChI=1S/C90H120N2O/c1-3-59-31-35-61(36-32-59)63-39-53-87-79(55-63)80-56-64(40-54-88(80)92(87)67-21-9-6-10-22-67)62-37-43-68(44-38-62)91(70-46-52-78-76-26-14-18-30-84(76)90(86(78)58-70)82-28-16-12-23-73(82)74-24-13-17-29-83(74)90)69-45-51-77-75-25-11-15-27-81(75)89(85(77)57-69,65-19-7-5-8-20-65)66-41-49-72(50-42-66)93-71-47-33-60(4-2)34-48-71/h3-4,6,9,15,27,33,35,37,41-44,47,49,53,55,59-60,62-65,67,69-73,75-77,80-82,84-85,88H,1-2,5,7-8,10-14,16-26,28-32,34,36,38-40,45-46,48,50-52,54,56-58H2/t59?,60?,62?,63?,64?,67?,69?,70?,71?,72?,73?,75?,76?,77?,80?,81?,82?,84?,85?,88?,89?,90-/m1/s1. The van der Waals surface area contributed by atoms with Gasteiger partial charge in [-0.3, -0.25) is 0 Å². The largest absolute Gasteiger partial charge is 0.367 e. The normalized spacial score (nSPS) is 45.0. The molecule has 0 aromatic rings. The van der Waals surface area contributed by atoms with E-state index in [0.29, 0.717) is 65.1 Å². The first-order chi connectivity index (χ1) is 46.0. The summed E-state index contributed by atoms with van der Waals surface area (Å²) in [6.45, 7) is 8.33. The van der Waals surface area contributed by atoms with E-state index in [4.69, 9.17) is 4.74 Å². The van der Waals surface area contributed by atoms with Crippen LogP contribution in [0.1, 0.15) is 250 Å². The number of hydrogen-bond acceptors (Lipinski definition) is 3. The molecule has 93 heavy (non-hydrogen) atoms. The van der Waals surface area contributed by atoms with Crippen molar-refractivity contribution in [2.45, 2.75) is 287 Å². The highest BCUT2D eigenvalue weighted by Gasteiger charge is 2.67. The van der Waals surface area contributed by atoms with Gasteiger partial charge in [0.05, 0.1) is 12.2 Å². The maximum absolute atomic E-state index is 7.00. The van der Waals surface area contributed by atoms with E-state index in [1.165, 1.54) is 231 Å². The molecule has 3 heteroatoms. The number of rotatable bonds is 12. The molecule has 17 aliphatic carbocycles. The Morgan fingerprint density at radius 2 is 1.38 bits per heavy atom. The molecule has 0 amide bonds. The third-order valence-corrected chi connectivity index (χ3v) is 31.5. The highest BCUT2D eigenvalue weighted by molar-refractivity contribution is 5.52. The Hall–Kier alpha value is -4.08. The molecule has 0 aromatic carbocycles. The van der Waals surface area contributed by atoms with Crippen molar-refractivity contribution in [3.05, 3.63) is 167 Å². The smallest absolute Gasteiger partial charge is 0.0801 e. The maximum Gasteiger partial charge on any atom is 0.0801 e. The van der Waals surface area contributed by atoms with E-state index >= 15 is 0 Å². The van der Waals surface area contributed by atoms with E-state index in [1.54, 1.807) is 28.1 Å². The molecule has 21 unspecified atom stereocenters. The molecule has 0 radical (unpaired) electrons. The Morgan fingerprint density at radius 3 is 2.14 bits per heavy atom. The van der Waals surface area contributed by atoms with Gasteiger partial charge in [0.2, 0.25) is 0 Å². The minimum absolute atomic E-state index is 0.172. The summed E-state index contributed by atoms with van der Waals surface area (Å²) >= 11 is 0. The zero-order chi connectivity index (χ0) is 61.8. The van der Waals surface area contributed by atoms with Crippen LogP contribution in [0, 0.1) is 99.6 Å². The first-order valence-electron chi connectivity index (χ1n) is 40.8. The van der Waals surface area contributed by atoms with Gasteiger partial charge in [0.25, 0.3) is 0 Å². The van der Waals surface area contributed by atoms with Crippen LogP contribution >= 0.6 is 0 Å². The van der Waals surface area contributed by atoms with E-state index < -0.39 is 0 Å². The van der Waals surface area contributed by atoms with Gasteiger partial charge >= 0.3 is 0 Å². The number of ether oxygens (including phenoxy) is 1. The molecule has 1 aliphatic heterocycles. The number of nitrogens with zero attached hydrogens (tertiary/aromatic N) is 2. The van der Waals surface area contributed by atoms with Crippen molar-refractivity contribution < 1.29 is 4.74 Å². The molecule has 496 valence electrons. The fourth-order valence-electron chi connectivity index (χ4n) is 27.9. The van der Waals surface area contributed by atoms with Crippen LogP contribution in [-0.2, 0) is 4.74 Å². The van der Waals surface area contributed by atoms with E-state index in [-0.39, 0.29) is 17.6 Å². The van der Waals surface area contributed by atoms with E-state index in [0.717, 1.165) is 72.5 Å². The zero-order valence-corrected chi connectivity index (χ0v) is 57.7. The lowest BCUT2D eigenvalue weighted by Gasteiger charge is -2.54. The topological polar surface area (TPSA) is 15.7 Å². The molecule has 0 aromatic heterocycles. The second-order valence-electron chi connectivity index (χ2n) is 35.0. The minimum atomic E-state index is 0.172. The molecule has 7 fully saturated rings. The Morgan fingerprint density at radius 1 is 0.538 bits per heavy atom. The lowest BCUT2D eigenvalue weighted by molar-refractivity contribution is 0.0141. The minimum Gasteiger partial charge on any atom is -0.367 e. The molecule has 18 rings (SSSR count). The van der Waals surface area contributed by atoms with Crippen molar-refractivity contribution in [2.75, 3.05) is 0 Å². The zero-order valence-electron chi connectivity index (χ0n) is 57.7. The molecule has 1 saturated heterocycles. The summed E-state index contributed by atoms with van der Waals surface area (Å²) in [5.41, 5.74) is 17.5. The van der Waals surface area contributed by atoms with E-state index in [1.807, 2.05) is 0 Å². The SMILES string of the molecule is C=CC1C=CC(OC2C=CC(C3(C4CCCCC4)C4C=CCCC4C4CCC(N(C5=CCC(C6CCC7C(C6)C6=CC(C8=CCC(C=C)CC8)CC=C6N7C6CC=CCC6)C=C5)C5CCC6=C(C5)[C@]5(C7=C(CCCC7)C7CCCCC75)C5CCCCC65)CC43)=CC2)CC1. The summed E-state index contributed by atoms with van der Waals surface area (Å²) < 4.78 is 7.00. The Bertz CT molecular complexity index is 3250. The quantitative estimate of drug-likeness (QED) is 0.181. The van der Waals surface area contributed by atoms with E-state index in [2.05, 4.69) is 149 Å². The molecular weight excluding hydrogens is 1130 g/mol. The summed E-state index contributed by atoms with van der Waals surface area (Å²) in [5, 5.41) is 0. The first kappa shape index (κ1) is 61.3. The number of fused-ring (bicyclic) bond motifs is 14. The summed E-state index contributed by atoms with van der Waals surface area (Å²) in [6.07, 6.45) is 98.4. The van der Waals surface area contributed by atoms with Gasteiger partial charge in [-0.15, -0.1) is 13.2 Å². The fraction of sp³-hybridized carbons (Fsp3) is 0.689. The Labute approximate surface area is 564 Å². The van der Waals surface area contributed by atoms with Crippen LogP contribution in [0.5, 0.6) is 0 Å². The first-order valence-corrected chi connectivity index (χ1v) is 40.8. The number of likely N-dealkylation sites (tertiary alicyclic amines) is 1. The summed E-state index contributed by atoms with van der Waals surface area (Å²) in [4.78, 5) is 6.40. The van der Waals surface area contributed by atoms with Crippen LogP contribution in [0.25, 0.3) is 0 Å². The van der Waals surface area contributed by atoms with Crippen LogP contribution in [0.2, 0.25) is 0 Å². The van der Waals surface area contributed by atoms with Crippen molar-refractivity contribution in [1.29, 1.82) is 0 Å². The van der Waals surface area contributed by atoms with Crippen LogP contribution in [0.4, 0.5) is 0 Å². The number of hydrogen-bond donors (Lipinski definition) is 0. The lowest BCUT2D eigenvalue weighted by atomic mass is 9.52. The second kappa shape index (κ2) is 25.7. The maximum atomic E-state index is 7.00. The van der Waals surface area contributed by atoms with Crippen molar-refractivity contribution in [3.63, 3.8) is 0 Å². The second-order valence-corrected chi connectivity index (χ2v) is 35.0. The Balaban J connectivity index is 0.689. The van der Waals surface area contributed by atoms with Crippen LogP contribution < -0.4 is 0 Å². The van der Waals surface area contributed by atoms with Gasteiger partial charge in [0.1, 0.15) is 0 Å². The van der Waals surface area contributed by atoms with Crippen molar-refractivity contribution in [1.82, 2.24) is 9.80 Å². The summed E-state index contributed by atoms with van der Waals surface area (Å²) in [5.74, 6) is 11.2. The lowest BCUT2D eigenvalue weighted by Crippen LogP contribution is -2.51. The monoisotopic (exact) mass is 1240 g/mol. The molecular formula is C90H120N2O. The van der Waals surface area contributed by atoms with Gasteiger partial charge in [-0.2, -0.15) is 0 Å². The summed E-state index contributed by atoms with van der Waals surface area (Å²) in [7, 11) is 0. The number of allylic oxidation sites excluding steroid dienone is 19. The van der Waals surface area contributed by atoms with Crippen LogP contribution in [0.15, 0.2) is 167 Å².